The lowest BCUT2D eigenvalue weighted by Crippen LogP contribution is -2.14. The van der Waals surface area contributed by atoms with Crippen molar-refractivity contribution in [2.45, 2.75) is 26.7 Å². The molecule has 11 heteroatoms. The molecule has 0 atom stereocenters. The number of nitrogens with zero attached hydrogens (tertiary/aromatic N) is 6. The maximum absolute atomic E-state index is 12.5. The zero-order valence-corrected chi connectivity index (χ0v) is 18.9. The number of benzene rings is 1. The van der Waals surface area contributed by atoms with Crippen molar-refractivity contribution in [3.8, 4) is 5.75 Å². The van der Waals surface area contributed by atoms with Gasteiger partial charge in [0.1, 0.15) is 5.75 Å². The summed E-state index contributed by atoms with van der Waals surface area (Å²) in [6.07, 6.45) is 8.81. The van der Waals surface area contributed by atoms with Crippen LogP contribution in [0.15, 0.2) is 59.7 Å². The molecule has 0 fully saturated rings. The molecule has 0 aliphatic heterocycles. The number of hydrogen-bond donors (Lipinski definition) is 1. The van der Waals surface area contributed by atoms with E-state index in [9.17, 15) is 4.79 Å². The number of anilines is 1. The summed E-state index contributed by atoms with van der Waals surface area (Å²) in [5.41, 5.74) is 1.90. The van der Waals surface area contributed by atoms with Crippen LogP contribution in [0.1, 0.15) is 23.0 Å². The predicted octanol–water partition coefficient (Wildman–Crippen LogP) is 4.05. The summed E-state index contributed by atoms with van der Waals surface area (Å²) < 4.78 is 11.6. The average Bonchev–Trinajstić information content (AvgIpc) is 3.49. The van der Waals surface area contributed by atoms with Gasteiger partial charge in [0, 0.05) is 35.7 Å². The standard InChI is InChI=1S/C20H19BrClN7O2/c1-2-27-10-14(8-23-27)11-29-12-16(9-24-29)25-20(30)18-5-6-28(26-18)13-31-19-4-3-15(22)7-17(19)21/h3-10,12H,2,11,13H2,1H3,(H,25,30). The lowest BCUT2D eigenvalue weighted by molar-refractivity contribution is 0.102. The van der Waals surface area contributed by atoms with Crippen molar-refractivity contribution in [2.75, 3.05) is 5.32 Å². The fraction of sp³-hybridized carbons (Fsp3) is 0.200. The zero-order chi connectivity index (χ0) is 21.8. The van der Waals surface area contributed by atoms with E-state index < -0.39 is 0 Å². The van der Waals surface area contributed by atoms with Crippen LogP contribution in [-0.4, -0.2) is 35.2 Å². The van der Waals surface area contributed by atoms with E-state index in [-0.39, 0.29) is 18.3 Å². The molecule has 0 aliphatic carbocycles. The third kappa shape index (κ3) is 5.33. The number of aromatic nitrogens is 6. The molecule has 3 heterocycles. The van der Waals surface area contributed by atoms with Gasteiger partial charge in [-0.15, -0.1) is 0 Å². The second-order valence-corrected chi connectivity index (χ2v) is 7.96. The predicted molar refractivity (Wildman–Crippen MR) is 119 cm³/mol. The highest BCUT2D eigenvalue weighted by Gasteiger charge is 2.12. The van der Waals surface area contributed by atoms with E-state index in [0.29, 0.717) is 23.0 Å². The Morgan fingerprint density at radius 1 is 1.16 bits per heavy atom. The van der Waals surface area contributed by atoms with E-state index in [1.54, 1.807) is 53.7 Å². The van der Waals surface area contributed by atoms with Gasteiger partial charge >= 0.3 is 0 Å². The lowest BCUT2D eigenvalue weighted by Gasteiger charge is -2.08. The van der Waals surface area contributed by atoms with Crippen molar-refractivity contribution >= 4 is 39.1 Å². The third-order valence-corrected chi connectivity index (χ3v) is 5.22. The molecule has 0 spiro atoms. The minimum absolute atomic E-state index is 0.150. The molecule has 0 saturated carbocycles. The molecule has 4 aromatic rings. The fourth-order valence-corrected chi connectivity index (χ4v) is 3.64. The van der Waals surface area contributed by atoms with E-state index in [4.69, 9.17) is 16.3 Å². The summed E-state index contributed by atoms with van der Waals surface area (Å²) in [4.78, 5) is 12.5. The topological polar surface area (TPSA) is 91.8 Å². The van der Waals surface area contributed by atoms with E-state index in [1.807, 2.05) is 17.8 Å². The number of carbonyl (C=O) groups excluding carboxylic acids is 1. The van der Waals surface area contributed by atoms with Crippen molar-refractivity contribution in [1.82, 2.24) is 29.3 Å². The van der Waals surface area contributed by atoms with Gasteiger partial charge < -0.3 is 10.1 Å². The largest absolute Gasteiger partial charge is 0.470 e. The van der Waals surface area contributed by atoms with Gasteiger partial charge in [0.15, 0.2) is 12.4 Å². The van der Waals surface area contributed by atoms with Crippen LogP contribution in [0.25, 0.3) is 0 Å². The van der Waals surface area contributed by atoms with Crippen molar-refractivity contribution in [2.24, 2.45) is 0 Å². The number of ether oxygens (including phenoxy) is 1. The number of rotatable bonds is 8. The highest BCUT2D eigenvalue weighted by molar-refractivity contribution is 9.10. The average molecular weight is 505 g/mol. The number of carbonyl (C=O) groups is 1. The van der Waals surface area contributed by atoms with Gasteiger partial charge in [-0.1, -0.05) is 11.6 Å². The van der Waals surface area contributed by atoms with Crippen LogP contribution in [-0.2, 0) is 19.8 Å². The first-order valence-corrected chi connectivity index (χ1v) is 10.6. The molecule has 1 amide bonds. The summed E-state index contributed by atoms with van der Waals surface area (Å²) in [5.74, 6) is 0.299. The Labute approximate surface area is 191 Å². The smallest absolute Gasteiger partial charge is 0.276 e. The van der Waals surface area contributed by atoms with E-state index in [1.165, 1.54) is 4.68 Å². The molecule has 3 aromatic heterocycles. The molecule has 1 N–H and O–H groups in total. The Hall–Kier alpha value is -3.11. The molecule has 160 valence electrons. The van der Waals surface area contributed by atoms with Crippen molar-refractivity contribution in [3.63, 3.8) is 0 Å². The minimum Gasteiger partial charge on any atom is -0.470 e. The van der Waals surface area contributed by atoms with E-state index >= 15 is 0 Å². The summed E-state index contributed by atoms with van der Waals surface area (Å²) in [5, 5.41) is 16.2. The van der Waals surface area contributed by atoms with Crippen LogP contribution < -0.4 is 10.1 Å². The lowest BCUT2D eigenvalue weighted by atomic mass is 10.3. The van der Waals surface area contributed by atoms with E-state index in [0.717, 1.165) is 16.6 Å². The normalized spacial score (nSPS) is 10.9. The van der Waals surface area contributed by atoms with Gasteiger partial charge in [0.05, 0.1) is 29.1 Å². The molecule has 0 aliphatic rings. The Kier molecular flexibility index (Phi) is 6.38. The molecule has 1 aromatic carbocycles. The van der Waals surface area contributed by atoms with E-state index in [2.05, 4.69) is 36.5 Å². The third-order valence-electron chi connectivity index (χ3n) is 4.37. The van der Waals surface area contributed by atoms with Gasteiger partial charge in [-0.3, -0.25) is 14.2 Å². The van der Waals surface area contributed by atoms with Crippen molar-refractivity contribution < 1.29 is 9.53 Å². The second kappa shape index (κ2) is 9.36. The molecular formula is C20H19BrClN7O2. The molecule has 0 unspecified atom stereocenters. The molecule has 4 rings (SSSR count). The van der Waals surface area contributed by atoms with Crippen LogP contribution in [0, 0.1) is 0 Å². The maximum Gasteiger partial charge on any atom is 0.276 e. The minimum atomic E-state index is -0.329. The number of aryl methyl sites for hydroxylation is 1. The van der Waals surface area contributed by atoms with Crippen LogP contribution in [0.2, 0.25) is 5.02 Å². The van der Waals surface area contributed by atoms with Gasteiger partial charge in [-0.2, -0.15) is 15.3 Å². The van der Waals surface area contributed by atoms with Crippen LogP contribution in [0.4, 0.5) is 5.69 Å². The zero-order valence-electron chi connectivity index (χ0n) is 16.6. The van der Waals surface area contributed by atoms with Gasteiger partial charge in [-0.25, -0.2) is 4.68 Å². The summed E-state index contributed by atoms with van der Waals surface area (Å²) in [7, 11) is 0. The first-order valence-electron chi connectivity index (χ1n) is 9.46. The van der Waals surface area contributed by atoms with Gasteiger partial charge in [-0.05, 0) is 47.1 Å². The Bertz CT molecular complexity index is 1200. The highest BCUT2D eigenvalue weighted by Crippen LogP contribution is 2.28. The van der Waals surface area contributed by atoms with Crippen LogP contribution in [0.5, 0.6) is 5.75 Å². The highest BCUT2D eigenvalue weighted by atomic mass is 79.9. The first-order chi connectivity index (χ1) is 15.0. The quantitative estimate of drug-likeness (QED) is 0.391. The van der Waals surface area contributed by atoms with Gasteiger partial charge in [0.25, 0.3) is 5.91 Å². The monoisotopic (exact) mass is 503 g/mol. The SMILES string of the molecule is CCn1cc(Cn2cc(NC(=O)c3ccn(COc4ccc(Cl)cc4Br)n3)cn2)cn1. The molecule has 0 radical (unpaired) electrons. The Balaban J connectivity index is 1.33. The number of amides is 1. The van der Waals surface area contributed by atoms with Crippen LogP contribution >= 0.6 is 27.5 Å². The maximum atomic E-state index is 12.5. The summed E-state index contributed by atoms with van der Waals surface area (Å²) in [6.45, 7) is 3.57. The summed E-state index contributed by atoms with van der Waals surface area (Å²) in [6, 6.07) is 6.86. The Morgan fingerprint density at radius 3 is 2.77 bits per heavy atom. The fourth-order valence-electron chi connectivity index (χ4n) is 2.84. The molecule has 0 bridgehead atoms. The van der Waals surface area contributed by atoms with Crippen LogP contribution in [0.3, 0.4) is 0 Å². The van der Waals surface area contributed by atoms with Crippen molar-refractivity contribution in [3.05, 3.63) is 76.0 Å². The Morgan fingerprint density at radius 2 is 2.00 bits per heavy atom. The van der Waals surface area contributed by atoms with Crippen molar-refractivity contribution in [1.29, 1.82) is 0 Å². The molecule has 31 heavy (non-hydrogen) atoms. The number of hydrogen-bond acceptors (Lipinski definition) is 5. The molecule has 0 saturated heterocycles. The number of nitrogens with one attached hydrogen (secondary N) is 1. The van der Waals surface area contributed by atoms with Gasteiger partial charge in [0.2, 0.25) is 0 Å². The first kappa shape index (κ1) is 21.1. The summed E-state index contributed by atoms with van der Waals surface area (Å²) >= 11 is 9.33. The number of halogens is 2. The molecule has 9 nitrogen and oxygen atoms in total. The molecular weight excluding hydrogens is 486 g/mol. The second-order valence-electron chi connectivity index (χ2n) is 6.67.